The Bertz CT molecular complexity index is 925. The van der Waals surface area contributed by atoms with Gasteiger partial charge >= 0.3 is 6.18 Å². The summed E-state index contributed by atoms with van der Waals surface area (Å²) in [6.45, 7) is 0.203. The van der Waals surface area contributed by atoms with E-state index in [-0.39, 0.29) is 47.3 Å². The minimum absolute atomic E-state index is 0.0120. The van der Waals surface area contributed by atoms with Gasteiger partial charge < -0.3 is 15.0 Å². The zero-order valence-electron chi connectivity index (χ0n) is 15.1. The monoisotopic (exact) mass is 395 g/mol. The summed E-state index contributed by atoms with van der Waals surface area (Å²) >= 11 is 0. The van der Waals surface area contributed by atoms with Crippen molar-refractivity contribution in [3.63, 3.8) is 0 Å². The Morgan fingerprint density at radius 2 is 2.04 bits per heavy atom. The third-order valence-corrected chi connectivity index (χ3v) is 4.54. The highest BCUT2D eigenvalue weighted by Gasteiger charge is 2.46. The molecule has 0 saturated carbocycles. The van der Waals surface area contributed by atoms with Gasteiger partial charge in [-0.25, -0.2) is 9.37 Å². The molecule has 1 aliphatic heterocycles. The van der Waals surface area contributed by atoms with Crippen LogP contribution in [0.15, 0.2) is 18.2 Å². The average Bonchev–Trinajstić information content (AvgIpc) is 3.17. The molecule has 1 aliphatic rings. The molecule has 1 saturated heterocycles. The van der Waals surface area contributed by atoms with Crippen molar-refractivity contribution >= 4 is 11.8 Å². The Kier molecular flexibility index (Phi) is 5.27. The van der Waals surface area contributed by atoms with Gasteiger partial charge in [0.05, 0.1) is 12.8 Å². The van der Waals surface area contributed by atoms with Crippen LogP contribution in [-0.4, -0.2) is 42.9 Å². The van der Waals surface area contributed by atoms with Crippen LogP contribution in [0.4, 0.5) is 29.3 Å². The smallest absolute Gasteiger partial charge is 0.408 e. The van der Waals surface area contributed by atoms with Gasteiger partial charge in [-0.2, -0.15) is 23.4 Å². The van der Waals surface area contributed by atoms with Gasteiger partial charge in [0.15, 0.2) is 0 Å². The third kappa shape index (κ3) is 3.65. The number of halogens is 4. The van der Waals surface area contributed by atoms with Crippen LogP contribution in [0, 0.1) is 17.1 Å². The Labute approximate surface area is 158 Å². The molecule has 0 radical (unpaired) electrons. The van der Waals surface area contributed by atoms with Gasteiger partial charge in [0.2, 0.25) is 5.95 Å². The highest BCUT2D eigenvalue weighted by atomic mass is 19.4. The first-order chi connectivity index (χ1) is 13.3. The molecule has 0 spiro atoms. The number of alkyl halides is 3. The molecule has 1 aromatic carbocycles. The van der Waals surface area contributed by atoms with Crippen molar-refractivity contribution < 1.29 is 22.3 Å². The predicted octanol–water partition coefficient (Wildman–Crippen LogP) is 3.74. The maximum Gasteiger partial charge on any atom is 0.408 e. The first-order valence-electron chi connectivity index (χ1n) is 8.46. The SMILES string of the molecule is CNc1nc(-c2cc(F)c(C#N)c(OC)c2)cc(N2CCC[C@H]2C(F)(F)F)n1. The number of anilines is 2. The maximum absolute atomic E-state index is 14.3. The van der Waals surface area contributed by atoms with Crippen LogP contribution in [0.5, 0.6) is 5.75 Å². The summed E-state index contributed by atoms with van der Waals surface area (Å²) in [7, 11) is 2.83. The van der Waals surface area contributed by atoms with Crippen molar-refractivity contribution in [2.24, 2.45) is 0 Å². The summed E-state index contributed by atoms with van der Waals surface area (Å²) < 4.78 is 59.3. The Hall–Kier alpha value is -3.09. The predicted molar refractivity (Wildman–Crippen MR) is 94.7 cm³/mol. The summed E-state index contributed by atoms with van der Waals surface area (Å²) in [6.07, 6.45) is -4.01. The standard InChI is InChI=1S/C18H17F4N5O/c1-24-17-25-13(10-6-12(19)11(9-23)14(7-10)28-2)8-16(26-17)27-5-3-4-15(27)18(20,21)22/h6-8,15H,3-5H2,1-2H3,(H,24,25,26)/t15-/m0/s1. The molecule has 1 N–H and O–H groups in total. The van der Waals surface area contributed by atoms with E-state index in [0.29, 0.717) is 6.42 Å². The lowest BCUT2D eigenvalue weighted by Crippen LogP contribution is -2.41. The van der Waals surface area contributed by atoms with Gasteiger partial charge in [-0.3, -0.25) is 0 Å². The zero-order chi connectivity index (χ0) is 20.5. The van der Waals surface area contributed by atoms with Gasteiger partial charge in [-0.05, 0) is 25.0 Å². The molecule has 1 atom stereocenters. The van der Waals surface area contributed by atoms with Crippen LogP contribution in [-0.2, 0) is 0 Å². The molecule has 6 nitrogen and oxygen atoms in total. The largest absolute Gasteiger partial charge is 0.495 e. The normalized spacial score (nSPS) is 16.8. The van der Waals surface area contributed by atoms with Crippen LogP contribution >= 0.6 is 0 Å². The molecule has 1 aromatic heterocycles. The molecular weight excluding hydrogens is 378 g/mol. The number of hydrogen-bond acceptors (Lipinski definition) is 6. The molecule has 0 amide bonds. The molecule has 3 rings (SSSR count). The molecule has 0 aliphatic carbocycles. The molecule has 1 fully saturated rings. The quantitative estimate of drug-likeness (QED) is 0.796. The average molecular weight is 395 g/mol. The van der Waals surface area contributed by atoms with E-state index in [9.17, 15) is 17.6 Å². The molecule has 148 valence electrons. The van der Waals surface area contributed by atoms with Crippen molar-refractivity contribution in [1.29, 1.82) is 5.26 Å². The second-order valence-corrected chi connectivity index (χ2v) is 6.23. The molecule has 10 heteroatoms. The number of nitrogens with zero attached hydrogens (tertiary/aromatic N) is 4. The van der Waals surface area contributed by atoms with Gasteiger partial charge in [0, 0.05) is 25.2 Å². The third-order valence-electron chi connectivity index (χ3n) is 4.54. The van der Waals surface area contributed by atoms with E-state index >= 15 is 0 Å². The van der Waals surface area contributed by atoms with Crippen LogP contribution in [0.25, 0.3) is 11.3 Å². The Morgan fingerprint density at radius 3 is 2.64 bits per heavy atom. The fourth-order valence-electron chi connectivity index (χ4n) is 3.22. The summed E-state index contributed by atoms with van der Waals surface area (Å²) in [5.74, 6) is -0.600. The van der Waals surface area contributed by atoms with E-state index in [0.717, 1.165) is 6.07 Å². The minimum atomic E-state index is -4.38. The second-order valence-electron chi connectivity index (χ2n) is 6.23. The fraction of sp³-hybridized carbons (Fsp3) is 0.389. The summed E-state index contributed by atoms with van der Waals surface area (Å²) in [5, 5.41) is 11.8. The van der Waals surface area contributed by atoms with E-state index < -0.39 is 18.0 Å². The molecular formula is C18H17F4N5O. The first-order valence-corrected chi connectivity index (χ1v) is 8.46. The number of aromatic nitrogens is 2. The summed E-state index contributed by atoms with van der Waals surface area (Å²) in [6, 6.07) is 3.97. The number of rotatable bonds is 4. The fourth-order valence-corrected chi connectivity index (χ4v) is 3.22. The number of nitriles is 1. The van der Waals surface area contributed by atoms with E-state index in [4.69, 9.17) is 10.00 Å². The summed E-state index contributed by atoms with van der Waals surface area (Å²) in [5.41, 5.74) is 0.214. The highest BCUT2D eigenvalue weighted by molar-refractivity contribution is 5.68. The lowest BCUT2D eigenvalue weighted by Gasteiger charge is -2.28. The van der Waals surface area contributed by atoms with Crippen LogP contribution in [0.3, 0.4) is 0 Å². The lowest BCUT2D eigenvalue weighted by atomic mass is 10.1. The molecule has 2 heterocycles. The number of ether oxygens (including phenoxy) is 1. The van der Waals surface area contributed by atoms with E-state index in [1.165, 1.54) is 31.2 Å². The molecule has 0 unspecified atom stereocenters. The van der Waals surface area contributed by atoms with Crippen molar-refractivity contribution in [3.05, 3.63) is 29.6 Å². The van der Waals surface area contributed by atoms with Crippen molar-refractivity contribution in [3.8, 4) is 23.1 Å². The van der Waals surface area contributed by atoms with E-state index in [2.05, 4.69) is 15.3 Å². The molecule has 2 aromatic rings. The molecule has 28 heavy (non-hydrogen) atoms. The van der Waals surface area contributed by atoms with Gasteiger partial charge in [0.25, 0.3) is 0 Å². The van der Waals surface area contributed by atoms with Gasteiger partial charge in [-0.15, -0.1) is 0 Å². The molecule has 0 bridgehead atoms. The topological polar surface area (TPSA) is 74.1 Å². The summed E-state index contributed by atoms with van der Waals surface area (Å²) in [4.78, 5) is 9.55. The number of hydrogen-bond donors (Lipinski definition) is 1. The highest BCUT2D eigenvalue weighted by Crippen LogP contribution is 2.37. The van der Waals surface area contributed by atoms with Crippen LogP contribution < -0.4 is 15.0 Å². The van der Waals surface area contributed by atoms with Crippen LogP contribution in [0.1, 0.15) is 18.4 Å². The van der Waals surface area contributed by atoms with Crippen molar-refractivity contribution in [2.75, 3.05) is 30.9 Å². The first kappa shape index (κ1) is 19.7. The number of methoxy groups -OCH3 is 1. The minimum Gasteiger partial charge on any atom is -0.495 e. The van der Waals surface area contributed by atoms with Crippen molar-refractivity contribution in [2.45, 2.75) is 25.1 Å². The van der Waals surface area contributed by atoms with E-state index in [1.807, 2.05) is 0 Å². The van der Waals surface area contributed by atoms with Gasteiger partial charge in [-0.1, -0.05) is 0 Å². The maximum atomic E-state index is 14.3. The Morgan fingerprint density at radius 1 is 1.29 bits per heavy atom. The number of nitrogens with one attached hydrogen (secondary N) is 1. The zero-order valence-corrected chi connectivity index (χ0v) is 15.1. The Balaban J connectivity index is 2.10. The van der Waals surface area contributed by atoms with Crippen molar-refractivity contribution in [1.82, 2.24) is 9.97 Å². The van der Waals surface area contributed by atoms with E-state index in [1.54, 1.807) is 6.07 Å². The second kappa shape index (κ2) is 7.50. The van der Waals surface area contributed by atoms with Crippen LogP contribution in [0.2, 0.25) is 0 Å². The van der Waals surface area contributed by atoms with Gasteiger partial charge in [0.1, 0.15) is 35.1 Å². The lowest BCUT2D eigenvalue weighted by molar-refractivity contribution is -0.146. The number of benzene rings is 1.